The van der Waals surface area contributed by atoms with Gasteiger partial charge in [-0.25, -0.2) is 4.98 Å². The van der Waals surface area contributed by atoms with Gasteiger partial charge in [0.1, 0.15) is 5.82 Å². The fourth-order valence-electron chi connectivity index (χ4n) is 4.38. The molecule has 1 aromatic heterocycles. The van der Waals surface area contributed by atoms with Crippen LogP contribution in [0.15, 0.2) is 39.4 Å². The number of phenolic OH excluding ortho intramolecular Hbond substituents is 1. The molecule has 1 aliphatic carbocycles. The van der Waals surface area contributed by atoms with E-state index in [2.05, 4.69) is 36.1 Å². The van der Waals surface area contributed by atoms with E-state index in [4.69, 9.17) is 4.74 Å². The first kappa shape index (κ1) is 21.5. The van der Waals surface area contributed by atoms with Crippen LogP contribution in [-0.2, 0) is 4.79 Å². The van der Waals surface area contributed by atoms with Gasteiger partial charge in [-0.1, -0.05) is 38.6 Å². The normalized spacial score (nSPS) is 19.5. The lowest BCUT2D eigenvalue weighted by Crippen LogP contribution is -2.37. The molecule has 0 fully saturated rings. The van der Waals surface area contributed by atoms with Crippen LogP contribution < -0.4 is 15.6 Å². The van der Waals surface area contributed by atoms with Gasteiger partial charge in [0, 0.05) is 29.4 Å². The zero-order chi connectivity index (χ0) is 22.3. The molecule has 1 aromatic carbocycles. The first-order valence-electron chi connectivity index (χ1n) is 10.4. The minimum Gasteiger partial charge on any atom is -0.504 e. The van der Waals surface area contributed by atoms with Crippen LogP contribution in [0, 0.1) is 5.41 Å². The number of allylic oxidation sites excluding steroid dienone is 2. The van der Waals surface area contributed by atoms with E-state index in [0.29, 0.717) is 46.3 Å². The second kappa shape index (κ2) is 8.07. The molecule has 2 aromatic rings. The van der Waals surface area contributed by atoms with Crippen LogP contribution >= 0.6 is 11.8 Å². The SMILES string of the molecule is CCCSc1nc2c(c(=O)[nH]1)C(c1ccc(OC)c(O)c1)C1=C(CC(C)(C)CC1=O)N2. The summed E-state index contributed by atoms with van der Waals surface area (Å²) in [4.78, 5) is 34.0. The molecule has 0 spiro atoms. The number of rotatable bonds is 5. The van der Waals surface area contributed by atoms with Gasteiger partial charge in [-0.2, -0.15) is 0 Å². The number of methoxy groups -OCH3 is 1. The van der Waals surface area contributed by atoms with Crippen molar-refractivity contribution in [2.24, 2.45) is 5.41 Å². The Balaban J connectivity index is 1.92. The topological polar surface area (TPSA) is 104 Å². The molecule has 2 heterocycles. The van der Waals surface area contributed by atoms with Crippen molar-refractivity contribution in [2.75, 3.05) is 18.2 Å². The lowest BCUT2D eigenvalue weighted by molar-refractivity contribution is -0.118. The van der Waals surface area contributed by atoms with Crippen molar-refractivity contribution in [3.8, 4) is 11.5 Å². The zero-order valence-electron chi connectivity index (χ0n) is 18.2. The van der Waals surface area contributed by atoms with Crippen LogP contribution in [0.5, 0.6) is 11.5 Å². The predicted molar refractivity (Wildman–Crippen MR) is 121 cm³/mol. The molecule has 1 aliphatic heterocycles. The predicted octanol–water partition coefficient (Wildman–Crippen LogP) is 4.19. The van der Waals surface area contributed by atoms with E-state index in [1.807, 2.05) is 0 Å². The first-order chi connectivity index (χ1) is 14.7. The molecule has 4 rings (SSSR count). The van der Waals surface area contributed by atoms with Crippen LogP contribution in [0.3, 0.4) is 0 Å². The van der Waals surface area contributed by atoms with E-state index in [1.165, 1.54) is 18.9 Å². The number of benzene rings is 1. The lowest BCUT2D eigenvalue weighted by Gasteiger charge is -2.38. The molecule has 0 saturated heterocycles. The third-order valence-corrected chi connectivity index (χ3v) is 6.76. The first-order valence-corrected chi connectivity index (χ1v) is 11.4. The maximum absolute atomic E-state index is 13.2. The summed E-state index contributed by atoms with van der Waals surface area (Å²) >= 11 is 1.50. The fraction of sp³-hybridized carbons (Fsp3) is 0.435. The smallest absolute Gasteiger partial charge is 0.257 e. The van der Waals surface area contributed by atoms with Crippen LogP contribution in [0.25, 0.3) is 0 Å². The molecule has 164 valence electrons. The highest BCUT2D eigenvalue weighted by Gasteiger charge is 2.42. The Kier molecular flexibility index (Phi) is 5.60. The Hall–Kier alpha value is -2.74. The molecule has 31 heavy (non-hydrogen) atoms. The van der Waals surface area contributed by atoms with Crippen LogP contribution in [0.1, 0.15) is 57.1 Å². The largest absolute Gasteiger partial charge is 0.504 e. The van der Waals surface area contributed by atoms with Gasteiger partial charge in [-0.3, -0.25) is 9.59 Å². The second-order valence-electron chi connectivity index (χ2n) is 8.80. The summed E-state index contributed by atoms with van der Waals surface area (Å²) in [7, 11) is 1.48. The van der Waals surface area contributed by atoms with Gasteiger partial charge in [-0.15, -0.1) is 0 Å². The van der Waals surface area contributed by atoms with E-state index >= 15 is 0 Å². The molecular formula is C23H27N3O4S. The number of hydrogen-bond donors (Lipinski definition) is 3. The number of aromatic amines is 1. The molecule has 0 saturated carbocycles. The van der Waals surface area contributed by atoms with Crippen molar-refractivity contribution in [3.63, 3.8) is 0 Å². The van der Waals surface area contributed by atoms with E-state index in [-0.39, 0.29) is 22.5 Å². The molecule has 2 aliphatic rings. The van der Waals surface area contributed by atoms with Crippen molar-refractivity contribution >= 4 is 23.4 Å². The summed E-state index contributed by atoms with van der Waals surface area (Å²) in [5.41, 5.74) is 1.98. The zero-order valence-corrected chi connectivity index (χ0v) is 19.0. The van der Waals surface area contributed by atoms with Gasteiger partial charge < -0.3 is 20.1 Å². The average molecular weight is 442 g/mol. The third-order valence-electron chi connectivity index (χ3n) is 5.68. The number of thioether (sulfide) groups is 1. The van der Waals surface area contributed by atoms with Gasteiger partial charge in [0.2, 0.25) is 0 Å². The average Bonchev–Trinajstić information content (AvgIpc) is 2.69. The molecule has 1 unspecified atom stereocenters. The van der Waals surface area contributed by atoms with Crippen LogP contribution in [0.2, 0.25) is 0 Å². The summed E-state index contributed by atoms with van der Waals surface area (Å²) < 4.78 is 5.16. The number of ketones is 1. The minimum absolute atomic E-state index is 0.00791. The van der Waals surface area contributed by atoms with E-state index in [1.54, 1.807) is 18.2 Å². The highest BCUT2D eigenvalue weighted by Crippen LogP contribution is 2.48. The molecule has 8 heteroatoms. The van der Waals surface area contributed by atoms with Crippen molar-refractivity contribution < 1.29 is 14.6 Å². The number of fused-ring (bicyclic) bond motifs is 1. The highest BCUT2D eigenvalue weighted by atomic mass is 32.2. The third kappa shape index (κ3) is 3.96. The lowest BCUT2D eigenvalue weighted by atomic mass is 9.69. The van der Waals surface area contributed by atoms with Gasteiger partial charge in [-0.05, 0) is 36.0 Å². The quantitative estimate of drug-likeness (QED) is 0.472. The molecule has 7 nitrogen and oxygen atoms in total. The fourth-order valence-corrected chi connectivity index (χ4v) is 5.10. The number of hydrogen-bond acceptors (Lipinski definition) is 7. The number of carbonyl (C=O) groups excluding carboxylic acids is 1. The van der Waals surface area contributed by atoms with E-state index in [0.717, 1.165) is 17.9 Å². The number of phenols is 1. The number of H-pyrrole nitrogens is 1. The summed E-state index contributed by atoms with van der Waals surface area (Å²) in [6, 6.07) is 5.00. The molecule has 0 radical (unpaired) electrons. The maximum Gasteiger partial charge on any atom is 0.257 e. The maximum atomic E-state index is 13.2. The highest BCUT2D eigenvalue weighted by molar-refractivity contribution is 7.99. The monoisotopic (exact) mass is 441 g/mol. The number of carbonyl (C=O) groups is 1. The molecular weight excluding hydrogens is 414 g/mol. The van der Waals surface area contributed by atoms with Crippen LogP contribution in [0.4, 0.5) is 5.82 Å². The van der Waals surface area contributed by atoms with E-state index < -0.39 is 5.92 Å². The summed E-state index contributed by atoms with van der Waals surface area (Å²) in [5.74, 6) is 1.03. The summed E-state index contributed by atoms with van der Waals surface area (Å²) in [6.07, 6.45) is 2.04. The standard InChI is InChI=1S/C23H27N3O4S/c1-5-8-31-22-25-20-19(21(29)26-22)17(12-6-7-16(30-4)14(27)9-12)18-13(24-20)10-23(2,3)11-15(18)28/h6-7,9,17,27H,5,8,10-11H2,1-4H3,(H2,24,25,26,29). The van der Waals surface area contributed by atoms with Gasteiger partial charge >= 0.3 is 0 Å². The molecule has 0 amide bonds. The number of ether oxygens (including phenoxy) is 1. The van der Waals surface area contributed by atoms with Gasteiger partial charge in [0.15, 0.2) is 22.4 Å². The van der Waals surface area contributed by atoms with Crippen LogP contribution in [-0.4, -0.2) is 33.7 Å². The number of aromatic nitrogens is 2. The number of anilines is 1. The van der Waals surface area contributed by atoms with Crippen molar-refractivity contribution in [2.45, 2.75) is 51.1 Å². The Morgan fingerprint density at radius 1 is 1.29 bits per heavy atom. The Morgan fingerprint density at radius 2 is 2.06 bits per heavy atom. The van der Waals surface area contributed by atoms with E-state index in [9.17, 15) is 14.7 Å². The van der Waals surface area contributed by atoms with Gasteiger partial charge in [0.25, 0.3) is 5.56 Å². The Morgan fingerprint density at radius 3 is 2.74 bits per heavy atom. The molecule has 0 bridgehead atoms. The number of nitrogens with one attached hydrogen (secondary N) is 2. The van der Waals surface area contributed by atoms with Gasteiger partial charge in [0.05, 0.1) is 12.7 Å². The number of aromatic hydroxyl groups is 1. The minimum atomic E-state index is -0.604. The van der Waals surface area contributed by atoms with Crippen molar-refractivity contribution in [3.05, 3.63) is 50.9 Å². The van der Waals surface area contributed by atoms with Crippen molar-refractivity contribution in [1.82, 2.24) is 9.97 Å². The molecule has 1 atom stereocenters. The summed E-state index contributed by atoms with van der Waals surface area (Å²) in [6.45, 7) is 6.20. The van der Waals surface area contributed by atoms with Crippen molar-refractivity contribution in [1.29, 1.82) is 0 Å². The Bertz CT molecular complexity index is 1140. The number of nitrogens with zero attached hydrogens (tertiary/aromatic N) is 1. The molecule has 3 N–H and O–H groups in total. The Labute approximate surface area is 185 Å². The summed E-state index contributed by atoms with van der Waals surface area (Å²) in [5, 5.41) is 14.2. The number of Topliss-reactive ketones (excluding diaryl/α,β-unsaturated/α-hetero) is 1. The second-order valence-corrected chi connectivity index (χ2v) is 9.89.